The molecule has 7 nitrogen and oxygen atoms in total. The van der Waals surface area contributed by atoms with Gasteiger partial charge < -0.3 is 9.84 Å². The fourth-order valence-electron chi connectivity index (χ4n) is 2.14. The van der Waals surface area contributed by atoms with Gasteiger partial charge in [0.1, 0.15) is 11.8 Å². The third-order valence-electron chi connectivity index (χ3n) is 3.78. The lowest BCUT2D eigenvalue weighted by Crippen LogP contribution is -2.47. The van der Waals surface area contributed by atoms with Gasteiger partial charge in [-0.2, -0.15) is 4.72 Å². The van der Waals surface area contributed by atoms with Gasteiger partial charge in [-0.25, -0.2) is 8.42 Å². The van der Waals surface area contributed by atoms with Crippen LogP contribution in [-0.4, -0.2) is 25.5 Å². The number of hydrogen-bond acceptors (Lipinski definition) is 5. The zero-order valence-electron chi connectivity index (χ0n) is 14.1. The first-order valence-corrected chi connectivity index (χ1v) is 9.61. The number of halogens is 1. The summed E-state index contributed by atoms with van der Waals surface area (Å²) in [7, 11) is -3.88. The maximum Gasteiger partial charge on any atom is 0.244 e. The second-order valence-corrected chi connectivity index (χ2v) is 7.90. The number of sulfonamides is 1. The Balaban J connectivity index is 2.22. The van der Waals surface area contributed by atoms with E-state index in [0.717, 1.165) is 0 Å². The van der Waals surface area contributed by atoms with Gasteiger partial charge in [-0.15, -0.1) is 0 Å². The minimum Gasteiger partial charge on any atom is -0.360 e. The number of nitrogens with zero attached hydrogens (tertiary/aromatic N) is 1. The van der Waals surface area contributed by atoms with Crippen LogP contribution in [0.5, 0.6) is 0 Å². The van der Waals surface area contributed by atoms with Gasteiger partial charge in [0, 0.05) is 11.1 Å². The fourth-order valence-corrected chi connectivity index (χ4v) is 3.57. The van der Waals surface area contributed by atoms with Gasteiger partial charge in [0.2, 0.25) is 15.9 Å². The largest absolute Gasteiger partial charge is 0.360 e. The Morgan fingerprint density at radius 1 is 1.32 bits per heavy atom. The van der Waals surface area contributed by atoms with Crippen LogP contribution >= 0.6 is 11.6 Å². The summed E-state index contributed by atoms with van der Waals surface area (Å²) in [6.45, 7) is 5.36. The minimum atomic E-state index is -3.88. The van der Waals surface area contributed by atoms with Crippen LogP contribution in [0.2, 0.25) is 5.02 Å². The first-order valence-electron chi connectivity index (χ1n) is 7.75. The van der Waals surface area contributed by atoms with Gasteiger partial charge in [-0.1, -0.05) is 37.0 Å². The maximum absolute atomic E-state index is 12.6. The lowest BCUT2D eigenvalue weighted by molar-refractivity contribution is -0.118. The number of anilines is 1. The van der Waals surface area contributed by atoms with Crippen molar-refractivity contribution in [3.63, 3.8) is 0 Å². The molecule has 1 heterocycles. The highest BCUT2D eigenvalue weighted by atomic mass is 35.5. The molecule has 0 spiro atoms. The Labute approximate surface area is 151 Å². The number of rotatable bonds is 7. The van der Waals surface area contributed by atoms with E-state index < -0.39 is 22.0 Å². The van der Waals surface area contributed by atoms with E-state index in [1.54, 1.807) is 19.9 Å². The van der Waals surface area contributed by atoms with Crippen LogP contribution in [0.25, 0.3) is 0 Å². The summed E-state index contributed by atoms with van der Waals surface area (Å²) in [6.07, 6.45) is 0.610. The average molecular weight is 386 g/mol. The van der Waals surface area contributed by atoms with Gasteiger partial charge in [0.05, 0.1) is 4.90 Å². The first kappa shape index (κ1) is 19.4. The number of aryl methyl sites for hydroxylation is 1. The minimum absolute atomic E-state index is 0.0373. The van der Waals surface area contributed by atoms with Crippen molar-refractivity contribution in [3.05, 3.63) is 41.1 Å². The summed E-state index contributed by atoms with van der Waals surface area (Å²) in [6, 6.07) is 6.33. The van der Waals surface area contributed by atoms with Gasteiger partial charge in [0.15, 0.2) is 5.82 Å². The molecule has 0 bridgehead atoms. The number of hydrogen-bond donors (Lipinski definition) is 2. The monoisotopic (exact) mass is 385 g/mol. The molecule has 1 aromatic carbocycles. The number of amides is 1. The molecule has 2 aromatic rings. The van der Waals surface area contributed by atoms with E-state index in [-0.39, 0.29) is 16.6 Å². The lowest BCUT2D eigenvalue weighted by Gasteiger charge is -2.22. The number of aromatic nitrogens is 1. The third-order valence-corrected chi connectivity index (χ3v) is 5.49. The summed E-state index contributed by atoms with van der Waals surface area (Å²) in [5.74, 6) is 0.0499. The Morgan fingerprint density at radius 3 is 2.48 bits per heavy atom. The molecular formula is C16H20ClN3O4S. The first-order chi connectivity index (χ1) is 11.7. The average Bonchev–Trinajstić information content (AvgIpc) is 2.97. The molecule has 0 aliphatic heterocycles. The van der Waals surface area contributed by atoms with Crippen LogP contribution < -0.4 is 10.0 Å². The Bertz CT molecular complexity index is 833. The van der Waals surface area contributed by atoms with Crippen LogP contribution in [0.15, 0.2) is 39.8 Å². The molecule has 2 N–H and O–H groups in total. The predicted octanol–water partition coefficient (Wildman–Crippen LogP) is 2.97. The van der Waals surface area contributed by atoms with Gasteiger partial charge in [0.25, 0.3) is 0 Å². The fraction of sp³-hybridized carbons (Fsp3) is 0.375. The molecule has 0 aliphatic rings. The number of carbonyl (C=O) groups is 1. The maximum atomic E-state index is 12.6. The molecule has 9 heteroatoms. The SMILES string of the molecule is CCC(C)[C@H](NS(=O)(=O)c1ccc(Cl)cc1)C(=O)Nc1cc(C)on1. The Hall–Kier alpha value is -1.90. The van der Waals surface area contributed by atoms with Crippen LogP contribution in [0.1, 0.15) is 26.0 Å². The van der Waals surface area contributed by atoms with Crippen molar-refractivity contribution in [3.8, 4) is 0 Å². The van der Waals surface area contributed by atoms with Crippen molar-refractivity contribution in [2.75, 3.05) is 5.32 Å². The summed E-state index contributed by atoms with van der Waals surface area (Å²) >= 11 is 5.79. The number of benzene rings is 1. The van der Waals surface area contributed by atoms with E-state index in [1.807, 2.05) is 6.92 Å². The van der Waals surface area contributed by atoms with Crippen molar-refractivity contribution in [2.24, 2.45) is 5.92 Å². The highest BCUT2D eigenvalue weighted by Gasteiger charge is 2.30. The second kappa shape index (κ2) is 7.99. The molecule has 0 saturated carbocycles. The molecule has 0 fully saturated rings. The van der Waals surface area contributed by atoms with Crippen molar-refractivity contribution in [1.29, 1.82) is 0 Å². The zero-order chi connectivity index (χ0) is 18.6. The number of carbonyl (C=O) groups excluding carboxylic acids is 1. The quantitative estimate of drug-likeness (QED) is 0.762. The molecule has 25 heavy (non-hydrogen) atoms. The highest BCUT2D eigenvalue weighted by molar-refractivity contribution is 7.89. The van der Waals surface area contributed by atoms with Crippen molar-refractivity contribution < 1.29 is 17.7 Å². The molecule has 136 valence electrons. The molecule has 0 radical (unpaired) electrons. The molecule has 1 unspecified atom stereocenters. The topological polar surface area (TPSA) is 101 Å². The molecule has 2 rings (SSSR count). The van der Waals surface area contributed by atoms with Crippen molar-refractivity contribution in [1.82, 2.24) is 9.88 Å². The van der Waals surface area contributed by atoms with Gasteiger partial charge >= 0.3 is 0 Å². The van der Waals surface area contributed by atoms with E-state index >= 15 is 0 Å². The summed E-state index contributed by atoms with van der Waals surface area (Å²) in [5.41, 5.74) is 0. The van der Waals surface area contributed by atoms with Crippen LogP contribution in [0, 0.1) is 12.8 Å². The normalized spacial score (nSPS) is 14.1. The van der Waals surface area contributed by atoms with Gasteiger partial charge in [-0.05, 0) is 37.1 Å². The highest BCUT2D eigenvalue weighted by Crippen LogP contribution is 2.18. The van der Waals surface area contributed by atoms with Crippen LogP contribution in [-0.2, 0) is 14.8 Å². The molecule has 0 aliphatic carbocycles. The summed E-state index contributed by atoms with van der Waals surface area (Å²) in [4.78, 5) is 12.6. The zero-order valence-corrected chi connectivity index (χ0v) is 15.7. The smallest absolute Gasteiger partial charge is 0.244 e. The van der Waals surface area contributed by atoms with E-state index in [2.05, 4.69) is 15.2 Å². The Morgan fingerprint density at radius 2 is 1.96 bits per heavy atom. The molecule has 1 aromatic heterocycles. The van der Waals surface area contributed by atoms with Gasteiger partial charge in [-0.3, -0.25) is 4.79 Å². The third kappa shape index (κ3) is 5.04. The number of nitrogens with one attached hydrogen (secondary N) is 2. The second-order valence-electron chi connectivity index (χ2n) is 5.75. The van der Waals surface area contributed by atoms with Crippen LogP contribution in [0.4, 0.5) is 5.82 Å². The van der Waals surface area contributed by atoms with Crippen molar-refractivity contribution >= 4 is 33.3 Å². The Kier molecular flexibility index (Phi) is 6.21. The molecular weight excluding hydrogens is 366 g/mol. The standard InChI is InChI=1S/C16H20ClN3O4S/c1-4-10(2)15(16(21)18-14-9-11(3)24-19-14)20-25(22,23)13-7-5-12(17)6-8-13/h5-10,15,20H,4H2,1-3H3,(H,18,19,21)/t10?,15-/m0/s1. The molecule has 2 atom stereocenters. The summed E-state index contributed by atoms with van der Waals surface area (Å²) < 4.78 is 32.5. The molecule has 0 saturated heterocycles. The lowest BCUT2D eigenvalue weighted by atomic mass is 9.99. The van der Waals surface area contributed by atoms with Crippen LogP contribution in [0.3, 0.4) is 0 Å². The van der Waals surface area contributed by atoms with Crippen molar-refractivity contribution in [2.45, 2.75) is 38.1 Å². The summed E-state index contributed by atoms with van der Waals surface area (Å²) in [5, 5.41) is 6.69. The van der Waals surface area contributed by atoms with E-state index in [0.29, 0.717) is 17.2 Å². The van der Waals surface area contributed by atoms with E-state index in [9.17, 15) is 13.2 Å². The van der Waals surface area contributed by atoms with E-state index in [1.165, 1.54) is 24.3 Å². The molecule has 1 amide bonds. The van der Waals surface area contributed by atoms with E-state index in [4.69, 9.17) is 16.1 Å². The predicted molar refractivity (Wildman–Crippen MR) is 94.9 cm³/mol.